The molecule has 0 bridgehead atoms. The smallest absolute Gasteiger partial charge is 0.160 e. The number of para-hydroxylation sites is 1. The molecule has 6 aromatic rings. The minimum Gasteiger partial charge on any atom is -0.310 e. The summed E-state index contributed by atoms with van der Waals surface area (Å²) in [6, 6.07) is 42.5. The average molecular weight is 488 g/mol. The Kier molecular flexibility index (Phi) is 5.75. The van der Waals surface area contributed by atoms with Gasteiger partial charge in [0, 0.05) is 31.4 Å². The van der Waals surface area contributed by atoms with Gasteiger partial charge in [0.1, 0.15) is 0 Å². The van der Waals surface area contributed by atoms with Gasteiger partial charge < -0.3 is 4.90 Å². The molecule has 0 fully saturated rings. The molecule has 4 heteroatoms. The second-order valence-corrected chi connectivity index (χ2v) is 10.4. The van der Waals surface area contributed by atoms with Crippen LogP contribution in [0.2, 0.25) is 0 Å². The summed E-state index contributed by atoms with van der Waals surface area (Å²) in [5, 5.41) is 2.44. The number of carbonyl (C=O) groups is 1. The van der Waals surface area contributed by atoms with Gasteiger partial charge in [-0.25, -0.2) is 0 Å². The molecule has 0 aliphatic heterocycles. The van der Waals surface area contributed by atoms with Crippen LogP contribution in [0, 0.1) is 0 Å². The molecule has 0 spiro atoms. The van der Waals surface area contributed by atoms with E-state index in [0.29, 0.717) is 0 Å². The van der Waals surface area contributed by atoms with Crippen molar-refractivity contribution in [3.63, 3.8) is 0 Å². The van der Waals surface area contributed by atoms with Gasteiger partial charge in [-0.2, -0.15) is 0 Å². The highest BCUT2D eigenvalue weighted by Crippen LogP contribution is 2.41. The van der Waals surface area contributed by atoms with Crippen LogP contribution in [0.4, 0.5) is 17.1 Å². The number of carbonyl (C=O) groups excluding carboxylic acids is 1. The van der Waals surface area contributed by atoms with Crippen molar-refractivity contribution in [3.8, 4) is 20.2 Å². The van der Waals surface area contributed by atoms with Crippen molar-refractivity contribution in [2.45, 2.75) is 0 Å². The Labute approximate surface area is 212 Å². The molecule has 0 unspecified atom stereocenters. The lowest BCUT2D eigenvalue weighted by Gasteiger charge is -2.27. The number of hydrogen-bond donors (Lipinski definition) is 0. The monoisotopic (exact) mass is 487 g/mol. The molecule has 0 atom stereocenters. The van der Waals surface area contributed by atoms with E-state index in [1.165, 1.54) is 37.4 Å². The number of nitrogens with zero attached hydrogens (tertiary/aromatic N) is 1. The van der Waals surface area contributed by atoms with Crippen LogP contribution in [0.5, 0.6) is 0 Å². The van der Waals surface area contributed by atoms with Crippen LogP contribution in [0.3, 0.4) is 0 Å². The summed E-state index contributed by atoms with van der Waals surface area (Å²) in [5.41, 5.74) is 4.58. The van der Waals surface area contributed by atoms with E-state index >= 15 is 0 Å². The standard InChI is InChI=1S/C31H21NOS2/c33-21-26-17-18-30(34-26)31-20-19-29(35-31)23-13-15-25(16-14-23)32(24-9-2-1-3-10-24)28-12-6-8-22-7-4-5-11-27(22)28/h1-21H. The van der Waals surface area contributed by atoms with Crippen LogP contribution < -0.4 is 4.90 Å². The van der Waals surface area contributed by atoms with Gasteiger partial charge in [0.15, 0.2) is 6.29 Å². The minimum atomic E-state index is 0.758. The maximum atomic E-state index is 11.1. The second kappa shape index (κ2) is 9.34. The van der Waals surface area contributed by atoms with Gasteiger partial charge >= 0.3 is 0 Å². The fourth-order valence-electron chi connectivity index (χ4n) is 4.36. The Bertz CT molecular complexity index is 1610. The predicted molar refractivity (Wildman–Crippen MR) is 151 cm³/mol. The topological polar surface area (TPSA) is 20.3 Å². The summed E-state index contributed by atoms with van der Waals surface area (Å²) in [4.78, 5) is 17.7. The number of thiophene rings is 2. The number of benzene rings is 4. The number of hydrogen-bond acceptors (Lipinski definition) is 4. The van der Waals surface area contributed by atoms with Gasteiger partial charge in [0.25, 0.3) is 0 Å². The first-order valence-electron chi connectivity index (χ1n) is 11.4. The summed E-state index contributed by atoms with van der Waals surface area (Å²) in [5.74, 6) is 0. The Balaban J connectivity index is 1.39. The van der Waals surface area contributed by atoms with Crippen molar-refractivity contribution in [1.82, 2.24) is 0 Å². The Hall–Kier alpha value is -3.99. The maximum Gasteiger partial charge on any atom is 0.160 e. The number of anilines is 3. The van der Waals surface area contributed by atoms with Crippen LogP contribution >= 0.6 is 22.7 Å². The second-order valence-electron chi connectivity index (χ2n) is 8.20. The van der Waals surface area contributed by atoms with Crippen LogP contribution in [0.1, 0.15) is 9.67 Å². The van der Waals surface area contributed by atoms with E-state index in [2.05, 4.69) is 108 Å². The van der Waals surface area contributed by atoms with E-state index in [1.807, 2.05) is 18.2 Å². The first-order valence-corrected chi connectivity index (χ1v) is 13.0. The molecule has 35 heavy (non-hydrogen) atoms. The lowest BCUT2D eigenvalue weighted by atomic mass is 10.1. The van der Waals surface area contributed by atoms with E-state index in [1.54, 1.807) is 11.3 Å². The molecular formula is C31H21NOS2. The maximum absolute atomic E-state index is 11.1. The predicted octanol–water partition coefficient (Wildman–Crippen LogP) is 9.58. The number of rotatable bonds is 6. The SMILES string of the molecule is O=Cc1ccc(-c2ccc(-c3ccc(N(c4ccccc4)c4cccc5ccccc45)cc3)s2)s1. The summed E-state index contributed by atoms with van der Waals surface area (Å²) in [6.45, 7) is 0. The lowest BCUT2D eigenvalue weighted by molar-refractivity contribution is 0.112. The average Bonchev–Trinajstić information content (AvgIpc) is 3.60. The van der Waals surface area contributed by atoms with Crippen molar-refractivity contribution in [2.75, 3.05) is 4.90 Å². The molecule has 4 aromatic carbocycles. The molecule has 2 aromatic heterocycles. The Morgan fingerprint density at radius 2 is 1.20 bits per heavy atom. The van der Waals surface area contributed by atoms with Gasteiger partial charge in [-0.1, -0.05) is 66.7 Å². The van der Waals surface area contributed by atoms with Crippen LogP contribution in [0.15, 0.2) is 121 Å². The molecule has 168 valence electrons. The highest BCUT2D eigenvalue weighted by atomic mass is 32.1. The number of fused-ring (bicyclic) bond motifs is 1. The van der Waals surface area contributed by atoms with Gasteiger partial charge in [-0.05, 0) is 65.5 Å². The summed E-state index contributed by atoms with van der Waals surface area (Å²) in [6.07, 6.45) is 0.913. The van der Waals surface area contributed by atoms with Crippen molar-refractivity contribution < 1.29 is 4.79 Å². The van der Waals surface area contributed by atoms with E-state index in [-0.39, 0.29) is 0 Å². The molecule has 2 heterocycles. The normalized spacial score (nSPS) is 11.0. The quantitative estimate of drug-likeness (QED) is 0.218. The van der Waals surface area contributed by atoms with Crippen molar-refractivity contribution in [3.05, 3.63) is 126 Å². The molecule has 6 rings (SSSR count). The Morgan fingerprint density at radius 3 is 2.00 bits per heavy atom. The molecule has 0 saturated heterocycles. The van der Waals surface area contributed by atoms with E-state index in [9.17, 15) is 4.79 Å². The van der Waals surface area contributed by atoms with E-state index in [4.69, 9.17) is 0 Å². The summed E-state index contributed by atoms with van der Waals surface area (Å²) < 4.78 is 0. The zero-order valence-corrected chi connectivity index (χ0v) is 20.4. The molecule has 2 nitrogen and oxygen atoms in total. The zero-order chi connectivity index (χ0) is 23.6. The van der Waals surface area contributed by atoms with Gasteiger partial charge in [-0.15, -0.1) is 22.7 Å². The fourth-order valence-corrected chi connectivity index (χ4v) is 6.28. The highest BCUT2D eigenvalue weighted by Gasteiger charge is 2.15. The third-order valence-electron chi connectivity index (χ3n) is 6.02. The van der Waals surface area contributed by atoms with Gasteiger partial charge in [-0.3, -0.25) is 4.79 Å². The van der Waals surface area contributed by atoms with Crippen molar-refractivity contribution in [1.29, 1.82) is 0 Å². The highest BCUT2D eigenvalue weighted by molar-refractivity contribution is 7.24. The zero-order valence-electron chi connectivity index (χ0n) is 18.8. The number of aldehydes is 1. The van der Waals surface area contributed by atoms with Crippen LogP contribution in [-0.2, 0) is 0 Å². The molecule has 0 N–H and O–H groups in total. The van der Waals surface area contributed by atoms with Crippen LogP contribution in [-0.4, -0.2) is 6.29 Å². The van der Waals surface area contributed by atoms with E-state index in [0.717, 1.165) is 33.1 Å². The third kappa shape index (κ3) is 4.18. The van der Waals surface area contributed by atoms with Crippen LogP contribution in [0.25, 0.3) is 31.0 Å². The molecule has 0 radical (unpaired) electrons. The summed E-state index contributed by atoms with van der Waals surface area (Å²) in [7, 11) is 0. The minimum absolute atomic E-state index is 0.758. The molecule has 0 aliphatic rings. The van der Waals surface area contributed by atoms with Crippen molar-refractivity contribution in [2.24, 2.45) is 0 Å². The lowest BCUT2D eigenvalue weighted by Crippen LogP contribution is -2.10. The molecule has 0 amide bonds. The molecular weight excluding hydrogens is 466 g/mol. The third-order valence-corrected chi connectivity index (χ3v) is 8.36. The largest absolute Gasteiger partial charge is 0.310 e. The molecule has 0 saturated carbocycles. The first-order chi connectivity index (χ1) is 17.3. The van der Waals surface area contributed by atoms with E-state index < -0.39 is 0 Å². The summed E-state index contributed by atoms with van der Waals surface area (Å²) >= 11 is 3.29. The molecule has 0 aliphatic carbocycles. The first kappa shape index (κ1) is 21.5. The fraction of sp³-hybridized carbons (Fsp3) is 0. The van der Waals surface area contributed by atoms with Crippen molar-refractivity contribution >= 4 is 56.8 Å². The Morgan fingerprint density at radius 1 is 0.543 bits per heavy atom. The van der Waals surface area contributed by atoms with Gasteiger partial charge in [0.05, 0.1) is 10.6 Å². The van der Waals surface area contributed by atoms with Gasteiger partial charge in [0.2, 0.25) is 0 Å².